The summed E-state index contributed by atoms with van der Waals surface area (Å²) in [6.07, 6.45) is 1.57. The van der Waals surface area contributed by atoms with E-state index in [0.29, 0.717) is 0 Å². The largest absolute Gasteiger partial charge is 0.396 e. The van der Waals surface area contributed by atoms with Crippen molar-refractivity contribution >= 4 is 5.71 Å². The lowest BCUT2D eigenvalue weighted by Gasteiger charge is -2.15. The summed E-state index contributed by atoms with van der Waals surface area (Å²) in [4.78, 5) is 0. The van der Waals surface area contributed by atoms with Crippen molar-refractivity contribution in [1.82, 2.24) is 0 Å². The number of hydrogen-bond donors (Lipinski definition) is 2. The molecule has 3 N–H and O–H groups in total. The van der Waals surface area contributed by atoms with Crippen LogP contribution in [0.3, 0.4) is 0 Å². The van der Waals surface area contributed by atoms with Gasteiger partial charge in [0.05, 0.1) is 0 Å². The zero-order valence-electron chi connectivity index (χ0n) is 7.07. The first-order valence-corrected chi connectivity index (χ1v) is 3.62. The van der Waals surface area contributed by atoms with Crippen LogP contribution in [0.5, 0.6) is 0 Å². The smallest absolute Gasteiger partial charge is 0.144 e. The molecular formula is C8H13N3O. The van der Waals surface area contributed by atoms with Crippen molar-refractivity contribution in [1.29, 1.82) is 5.26 Å². The fourth-order valence-corrected chi connectivity index (χ4v) is 0.916. The number of aliphatic hydroxyl groups is 1. The normalized spacial score (nSPS) is 16.2. The maximum absolute atomic E-state index is 8.82. The lowest BCUT2D eigenvalue weighted by atomic mass is 9.91. The van der Waals surface area contributed by atoms with Crippen LogP contribution in [0.25, 0.3) is 0 Å². The van der Waals surface area contributed by atoms with Crippen LogP contribution < -0.4 is 5.84 Å². The fraction of sp³-hybridized carbons (Fsp3) is 0.500. The van der Waals surface area contributed by atoms with Gasteiger partial charge in [0.25, 0.3) is 0 Å². The molecule has 0 heterocycles. The molecule has 0 rings (SSSR count). The molecule has 0 aromatic heterocycles. The molecule has 4 nitrogen and oxygen atoms in total. The summed E-state index contributed by atoms with van der Waals surface area (Å²) in [5.74, 6) is 4.65. The van der Waals surface area contributed by atoms with E-state index in [2.05, 4.69) is 11.7 Å². The van der Waals surface area contributed by atoms with Crippen LogP contribution >= 0.6 is 0 Å². The second kappa shape index (κ2) is 5.33. The minimum Gasteiger partial charge on any atom is -0.396 e. The Bertz CT molecular complexity index is 217. The summed E-state index contributed by atoms with van der Waals surface area (Å²) in [5.41, 5.74) is 0.201. The van der Waals surface area contributed by atoms with Crippen LogP contribution in [0.15, 0.2) is 17.8 Å². The van der Waals surface area contributed by atoms with Crippen molar-refractivity contribution in [2.24, 2.45) is 22.8 Å². The SMILES string of the molecule is C=C[C@@H](/C(C#N)=N\N)[C@H](C)CO. The molecule has 0 amide bonds. The van der Waals surface area contributed by atoms with Gasteiger partial charge in [-0.1, -0.05) is 13.0 Å². The molecule has 0 spiro atoms. The predicted molar refractivity (Wildman–Crippen MR) is 47.2 cm³/mol. The number of allylic oxidation sites excluding steroid dienone is 1. The molecule has 0 bridgehead atoms. The van der Waals surface area contributed by atoms with E-state index in [1.54, 1.807) is 13.0 Å². The Hall–Kier alpha value is -1.34. The molecule has 66 valence electrons. The van der Waals surface area contributed by atoms with Crippen LogP contribution in [0.2, 0.25) is 0 Å². The third-order valence-corrected chi connectivity index (χ3v) is 1.72. The molecule has 0 radical (unpaired) electrons. The molecule has 4 heteroatoms. The first-order chi connectivity index (χ1) is 5.71. The number of aliphatic hydroxyl groups excluding tert-OH is 1. The van der Waals surface area contributed by atoms with Gasteiger partial charge in [-0.3, -0.25) is 0 Å². The molecule has 0 fully saturated rings. The van der Waals surface area contributed by atoms with Gasteiger partial charge in [-0.2, -0.15) is 10.4 Å². The highest BCUT2D eigenvalue weighted by Gasteiger charge is 2.18. The zero-order chi connectivity index (χ0) is 9.56. The average molecular weight is 167 g/mol. The summed E-state index contributed by atoms with van der Waals surface area (Å²) in [6.45, 7) is 5.33. The third kappa shape index (κ3) is 2.36. The molecule has 0 saturated carbocycles. The van der Waals surface area contributed by atoms with Crippen LogP contribution in [-0.4, -0.2) is 17.4 Å². The topological polar surface area (TPSA) is 82.4 Å². The molecule has 0 aliphatic heterocycles. The number of nitriles is 1. The first kappa shape index (κ1) is 10.7. The van der Waals surface area contributed by atoms with Gasteiger partial charge >= 0.3 is 0 Å². The van der Waals surface area contributed by atoms with Gasteiger partial charge in [0.1, 0.15) is 11.8 Å². The van der Waals surface area contributed by atoms with Crippen molar-refractivity contribution in [3.05, 3.63) is 12.7 Å². The Morgan fingerprint density at radius 3 is 2.75 bits per heavy atom. The molecule has 0 aliphatic rings. The monoisotopic (exact) mass is 167 g/mol. The maximum Gasteiger partial charge on any atom is 0.144 e. The third-order valence-electron chi connectivity index (χ3n) is 1.72. The van der Waals surface area contributed by atoms with Crippen LogP contribution in [0, 0.1) is 23.2 Å². The number of hydrazone groups is 1. The molecule has 0 aromatic carbocycles. The molecule has 0 aliphatic carbocycles. The number of hydrogen-bond acceptors (Lipinski definition) is 4. The Morgan fingerprint density at radius 1 is 1.92 bits per heavy atom. The van der Waals surface area contributed by atoms with Gasteiger partial charge in [0.15, 0.2) is 0 Å². The quantitative estimate of drug-likeness (QED) is 0.272. The summed E-state index contributed by atoms with van der Waals surface area (Å²) < 4.78 is 0. The summed E-state index contributed by atoms with van der Waals surface area (Å²) >= 11 is 0. The molecule has 12 heavy (non-hydrogen) atoms. The maximum atomic E-state index is 8.82. The second-order valence-corrected chi connectivity index (χ2v) is 2.55. The van der Waals surface area contributed by atoms with E-state index in [1.807, 2.05) is 6.07 Å². The van der Waals surface area contributed by atoms with Crippen molar-refractivity contribution < 1.29 is 5.11 Å². The van der Waals surface area contributed by atoms with E-state index in [9.17, 15) is 0 Å². The van der Waals surface area contributed by atoms with E-state index in [0.717, 1.165) is 0 Å². The number of nitrogens with zero attached hydrogens (tertiary/aromatic N) is 2. The summed E-state index contributed by atoms with van der Waals surface area (Å²) in [5, 5.41) is 20.7. The van der Waals surface area contributed by atoms with Gasteiger partial charge in [-0.25, -0.2) is 0 Å². The lowest BCUT2D eigenvalue weighted by molar-refractivity contribution is 0.225. The van der Waals surface area contributed by atoms with E-state index < -0.39 is 0 Å². The Morgan fingerprint density at radius 2 is 2.50 bits per heavy atom. The zero-order valence-corrected chi connectivity index (χ0v) is 7.07. The number of nitrogens with two attached hydrogens (primary N) is 1. The van der Waals surface area contributed by atoms with Gasteiger partial charge in [0.2, 0.25) is 0 Å². The minimum atomic E-state index is -0.259. The number of rotatable bonds is 4. The molecule has 0 saturated heterocycles. The van der Waals surface area contributed by atoms with Gasteiger partial charge in [0, 0.05) is 12.5 Å². The second-order valence-electron chi connectivity index (χ2n) is 2.55. The van der Waals surface area contributed by atoms with E-state index >= 15 is 0 Å². The van der Waals surface area contributed by atoms with Crippen molar-refractivity contribution in [2.75, 3.05) is 6.61 Å². The van der Waals surface area contributed by atoms with Crippen LogP contribution in [0.1, 0.15) is 6.92 Å². The van der Waals surface area contributed by atoms with Crippen molar-refractivity contribution in [2.45, 2.75) is 6.92 Å². The average Bonchev–Trinajstić information content (AvgIpc) is 2.12. The van der Waals surface area contributed by atoms with Gasteiger partial charge in [-0.15, -0.1) is 6.58 Å². The molecule has 0 aromatic rings. The standard InChI is InChI=1S/C8H13N3O/c1-3-7(6(2)5-12)8(4-9)11-10/h3,6-7,12H,1,5,10H2,2H3/b11-8-/t6-,7-/m1/s1. The summed E-state index contributed by atoms with van der Waals surface area (Å²) in [6, 6.07) is 1.86. The Balaban J connectivity index is 4.56. The van der Waals surface area contributed by atoms with E-state index in [1.165, 1.54) is 0 Å². The molecule has 0 unspecified atom stereocenters. The fourth-order valence-electron chi connectivity index (χ4n) is 0.916. The van der Waals surface area contributed by atoms with Crippen molar-refractivity contribution in [3.63, 3.8) is 0 Å². The van der Waals surface area contributed by atoms with Crippen molar-refractivity contribution in [3.8, 4) is 6.07 Å². The lowest BCUT2D eigenvalue weighted by Crippen LogP contribution is -2.22. The van der Waals surface area contributed by atoms with Crippen LogP contribution in [-0.2, 0) is 0 Å². The van der Waals surface area contributed by atoms with E-state index in [4.69, 9.17) is 16.2 Å². The van der Waals surface area contributed by atoms with Crippen LogP contribution in [0.4, 0.5) is 0 Å². The highest BCUT2D eigenvalue weighted by molar-refractivity contribution is 6.01. The highest BCUT2D eigenvalue weighted by atomic mass is 16.3. The van der Waals surface area contributed by atoms with Gasteiger partial charge in [-0.05, 0) is 5.92 Å². The molecule has 2 atom stereocenters. The first-order valence-electron chi connectivity index (χ1n) is 3.62. The van der Waals surface area contributed by atoms with E-state index in [-0.39, 0.29) is 24.2 Å². The minimum absolute atomic E-state index is 0.0165. The Kier molecular flexibility index (Phi) is 4.73. The molecular weight excluding hydrogens is 154 g/mol. The Labute approximate surface area is 72.0 Å². The predicted octanol–water partition coefficient (Wildman–Crippen LogP) is 0.255. The highest BCUT2D eigenvalue weighted by Crippen LogP contribution is 2.13. The van der Waals surface area contributed by atoms with Gasteiger partial charge < -0.3 is 10.9 Å². The summed E-state index contributed by atoms with van der Waals surface area (Å²) in [7, 11) is 0.